The van der Waals surface area contributed by atoms with Gasteiger partial charge in [-0.05, 0) is 19.1 Å². The molecule has 1 unspecified atom stereocenters. The van der Waals surface area contributed by atoms with Crippen molar-refractivity contribution in [2.75, 3.05) is 5.32 Å². The second kappa shape index (κ2) is 6.56. The van der Waals surface area contributed by atoms with Crippen LogP contribution < -0.4 is 15.4 Å². The molecule has 0 aliphatic rings. The topological polar surface area (TPSA) is 50.4 Å². The lowest BCUT2D eigenvalue weighted by molar-refractivity contribution is -0.274. The van der Waals surface area contributed by atoms with Gasteiger partial charge in [0.05, 0.1) is 5.69 Å². The third kappa shape index (κ3) is 5.10. The van der Waals surface area contributed by atoms with Crippen LogP contribution in [0.25, 0.3) is 0 Å². The second-order valence-electron chi connectivity index (χ2n) is 5.13. The molecule has 0 heterocycles. The second-order valence-corrected chi connectivity index (χ2v) is 5.13. The summed E-state index contributed by atoms with van der Waals surface area (Å²) in [6.45, 7) is -0.00776. The first-order valence-electron chi connectivity index (χ1n) is 6.45. The Labute approximate surface area is 136 Å². The van der Waals surface area contributed by atoms with Crippen molar-refractivity contribution >= 4 is 11.7 Å². The van der Waals surface area contributed by atoms with E-state index < -0.39 is 41.5 Å². The lowest BCUT2D eigenvalue weighted by Gasteiger charge is -2.37. The summed E-state index contributed by atoms with van der Waals surface area (Å²) in [4.78, 5) is 11.6. The number of carbonyl (C=O) groups excluding carboxylic acids is 1. The fourth-order valence-corrected chi connectivity index (χ4v) is 1.59. The molecule has 2 amide bonds. The van der Waals surface area contributed by atoms with Crippen molar-refractivity contribution in [2.45, 2.75) is 37.8 Å². The fraction of sp³-hybridized carbons (Fsp3) is 0.462. The number of ether oxygens (including phenoxy) is 1. The van der Waals surface area contributed by atoms with Gasteiger partial charge in [-0.3, -0.25) is 0 Å². The Morgan fingerprint density at radius 1 is 0.960 bits per heavy atom. The summed E-state index contributed by atoms with van der Waals surface area (Å²) in [7, 11) is 0. The van der Waals surface area contributed by atoms with Gasteiger partial charge in [-0.25, -0.2) is 13.6 Å². The summed E-state index contributed by atoms with van der Waals surface area (Å²) in [5, 5.41) is 2.67. The Hall–Kier alpha value is -2.27. The van der Waals surface area contributed by atoms with Crippen LogP contribution >= 0.6 is 0 Å². The summed E-state index contributed by atoms with van der Waals surface area (Å²) < 4.78 is 106. The molecule has 1 atom stereocenters. The van der Waals surface area contributed by atoms with Gasteiger partial charge in [0.1, 0.15) is 0 Å². The molecule has 25 heavy (non-hydrogen) atoms. The Morgan fingerprint density at radius 2 is 1.48 bits per heavy atom. The van der Waals surface area contributed by atoms with Gasteiger partial charge in [0.2, 0.25) is 0 Å². The Balaban J connectivity index is 3.04. The largest absolute Gasteiger partial charge is 0.573 e. The SMILES string of the molecule is CC(F)(F)C(C)(NC(=O)Nc1ccccc1OC(F)(F)F)C(F)(F)F. The maximum Gasteiger partial charge on any atom is 0.573 e. The number of hydrogen-bond donors (Lipinski definition) is 2. The molecule has 2 N–H and O–H groups in total. The van der Waals surface area contributed by atoms with Crippen LogP contribution in [0.15, 0.2) is 24.3 Å². The third-order valence-electron chi connectivity index (χ3n) is 3.17. The minimum Gasteiger partial charge on any atom is -0.404 e. The van der Waals surface area contributed by atoms with E-state index in [4.69, 9.17) is 0 Å². The highest BCUT2D eigenvalue weighted by Gasteiger charge is 2.65. The molecule has 1 rings (SSSR count). The lowest BCUT2D eigenvalue weighted by Crippen LogP contribution is -2.66. The van der Waals surface area contributed by atoms with Crippen LogP contribution in [0.4, 0.5) is 45.6 Å². The summed E-state index contributed by atoms with van der Waals surface area (Å²) in [5.74, 6) is -5.34. The number of benzene rings is 1. The number of alkyl halides is 8. The molecule has 0 radical (unpaired) electrons. The van der Waals surface area contributed by atoms with Crippen molar-refractivity contribution in [2.24, 2.45) is 0 Å². The van der Waals surface area contributed by atoms with E-state index in [1.807, 2.05) is 0 Å². The number of hydrogen-bond acceptors (Lipinski definition) is 2. The van der Waals surface area contributed by atoms with E-state index in [-0.39, 0.29) is 13.8 Å². The maximum absolute atomic E-state index is 13.3. The number of amides is 2. The Kier molecular flexibility index (Phi) is 5.45. The molecule has 0 spiro atoms. The monoisotopic (exact) mass is 380 g/mol. The van der Waals surface area contributed by atoms with E-state index in [9.17, 15) is 39.9 Å². The summed E-state index contributed by atoms with van der Waals surface area (Å²) in [5.41, 5.74) is -4.62. The third-order valence-corrected chi connectivity index (χ3v) is 3.17. The highest BCUT2D eigenvalue weighted by Crippen LogP contribution is 2.41. The van der Waals surface area contributed by atoms with Gasteiger partial charge in [0.25, 0.3) is 5.92 Å². The molecule has 4 nitrogen and oxygen atoms in total. The number of anilines is 1. The van der Waals surface area contributed by atoms with E-state index in [1.165, 1.54) is 0 Å². The van der Waals surface area contributed by atoms with E-state index >= 15 is 0 Å². The van der Waals surface area contributed by atoms with Crippen molar-refractivity contribution in [3.63, 3.8) is 0 Å². The van der Waals surface area contributed by atoms with Gasteiger partial charge in [-0.2, -0.15) is 13.2 Å². The fourth-order valence-electron chi connectivity index (χ4n) is 1.59. The summed E-state index contributed by atoms with van der Waals surface area (Å²) in [6, 6.07) is 2.12. The molecule has 1 aromatic carbocycles. The van der Waals surface area contributed by atoms with Gasteiger partial charge in [-0.1, -0.05) is 12.1 Å². The number of halogens is 8. The Bertz CT molecular complexity index is 608. The van der Waals surface area contributed by atoms with Crippen molar-refractivity contribution in [1.82, 2.24) is 5.32 Å². The minimum absolute atomic E-state index is 0.0463. The first-order chi connectivity index (χ1) is 11.1. The smallest absolute Gasteiger partial charge is 0.404 e. The molecule has 142 valence electrons. The highest BCUT2D eigenvalue weighted by atomic mass is 19.4. The lowest BCUT2D eigenvalue weighted by atomic mass is 9.94. The number of carbonyl (C=O) groups is 1. The minimum atomic E-state index is -5.54. The molecule has 0 aromatic heterocycles. The van der Waals surface area contributed by atoms with Crippen molar-refractivity contribution in [1.29, 1.82) is 0 Å². The molecule has 0 saturated carbocycles. The number of rotatable bonds is 4. The molecule has 1 aromatic rings. The highest BCUT2D eigenvalue weighted by molar-refractivity contribution is 5.91. The van der Waals surface area contributed by atoms with Crippen molar-refractivity contribution in [3.05, 3.63) is 24.3 Å². The molecule has 0 aliphatic heterocycles. The van der Waals surface area contributed by atoms with E-state index in [0.29, 0.717) is 0 Å². The molecular formula is C13H12F8N2O2. The zero-order chi connectivity index (χ0) is 19.7. The van der Waals surface area contributed by atoms with Gasteiger partial charge in [0, 0.05) is 6.92 Å². The van der Waals surface area contributed by atoms with Crippen LogP contribution in [0.3, 0.4) is 0 Å². The standard InChI is InChI=1S/C13H12F8N2O2/c1-10(11(2,14)15,12(16,17)18)23-9(24)22-7-5-3-4-6-8(7)25-13(19,20)21/h3-6H,1-2H3,(H2,22,23,24). The Morgan fingerprint density at radius 3 is 1.92 bits per heavy atom. The maximum atomic E-state index is 13.3. The molecule has 0 aliphatic carbocycles. The number of urea groups is 1. The zero-order valence-electron chi connectivity index (χ0n) is 12.6. The predicted molar refractivity (Wildman–Crippen MR) is 70.4 cm³/mol. The van der Waals surface area contributed by atoms with Crippen LogP contribution in [-0.2, 0) is 0 Å². The van der Waals surface area contributed by atoms with E-state index in [2.05, 4.69) is 4.74 Å². The first-order valence-corrected chi connectivity index (χ1v) is 6.45. The van der Waals surface area contributed by atoms with Gasteiger partial charge in [-0.15, -0.1) is 13.2 Å². The van der Waals surface area contributed by atoms with Gasteiger partial charge < -0.3 is 15.4 Å². The molecule has 0 fully saturated rings. The normalized spacial score (nSPS) is 15.3. The quantitative estimate of drug-likeness (QED) is 0.745. The van der Waals surface area contributed by atoms with Gasteiger partial charge in [0.15, 0.2) is 11.3 Å². The number of para-hydroxylation sites is 2. The molecule has 0 bridgehead atoms. The van der Waals surface area contributed by atoms with Crippen molar-refractivity contribution < 1.29 is 44.7 Å². The molecule has 12 heteroatoms. The molecular weight excluding hydrogens is 368 g/mol. The molecule has 0 saturated heterocycles. The summed E-state index contributed by atoms with van der Waals surface area (Å²) >= 11 is 0. The first kappa shape index (κ1) is 20.8. The average Bonchev–Trinajstić information content (AvgIpc) is 2.36. The van der Waals surface area contributed by atoms with Crippen LogP contribution in [-0.4, -0.2) is 30.0 Å². The van der Waals surface area contributed by atoms with Crippen LogP contribution in [0.1, 0.15) is 13.8 Å². The van der Waals surface area contributed by atoms with Crippen LogP contribution in [0.5, 0.6) is 5.75 Å². The van der Waals surface area contributed by atoms with Crippen LogP contribution in [0.2, 0.25) is 0 Å². The van der Waals surface area contributed by atoms with E-state index in [0.717, 1.165) is 29.6 Å². The average molecular weight is 380 g/mol. The number of nitrogens with one attached hydrogen (secondary N) is 2. The van der Waals surface area contributed by atoms with E-state index in [1.54, 1.807) is 5.32 Å². The zero-order valence-corrected chi connectivity index (χ0v) is 12.6. The van der Waals surface area contributed by atoms with Gasteiger partial charge >= 0.3 is 18.6 Å². The predicted octanol–water partition coefficient (Wildman–Crippen LogP) is 4.68. The summed E-state index contributed by atoms with van der Waals surface area (Å²) in [6.07, 6.45) is -10.7. The van der Waals surface area contributed by atoms with Crippen LogP contribution in [0, 0.1) is 0 Å². The van der Waals surface area contributed by atoms with Crippen molar-refractivity contribution in [3.8, 4) is 5.75 Å².